The van der Waals surface area contributed by atoms with Gasteiger partial charge in [0.25, 0.3) is 0 Å². The van der Waals surface area contributed by atoms with Crippen LogP contribution in [0.15, 0.2) is 0 Å². The van der Waals surface area contributed by atoms with Crippen molar-refractivity contribution in [3.05, 3.63) is 15.6 Å². The van der Waals surface area contributed by atoms with E-state index in [1.807, 2.05) is 18.4 Å². The maximum atomic E-state index is 5.99. The Labute approximate surface area is 132 Å². The Morgan fingerprint density at radius 3 is 2.81 bits per heavy atom. The average Bonchev–Trinajstić information content (AvgIpc) is 2.99. The van der Waals surface area contributed by atoms with Crippen molar-refractivity contribution >= 4 is 11.3 Å². The fraction of sp³-hybridized carbons (Fsp3) is 0.824. The van der Waals surface area contributed by atoms with Crippen molar-refractivity contribution in [3.8, 4) is 0 Å². The molecule has 118 valence electrons. The SMILES string of the molecule is CCCNC1CCCc2nc(C3(OC)CCCCC3)sc21. The van der Waals surface area contributed by atoms with Gasteiger partial charge >= 0.3 is 0 Å². The molecule has 4 heteroatoms. The summed E-state index contributed by atoms with van der Waals surface area (Å²) >= 11 is 1.93. The smallest absolute Gasteiger partial charge is 0.125 e. The van der Waals surface area contributed by atoms with Gasteiger partial charge in [-0.3, -0.25) is 0 Å². The van der Waals surface area contributed by atoms with Crippen LogP contribution >= 0.6 is 11.3 Å². The lowest BCUT2D eigenvalue weighted by Gasteiger charge is -2.34. The van der Waals surface area contributed by atoms with E-state index in [1.165, 1.54) is 54.1 Å². The highest BCUT2D eigenvalue weighted by molar-refractivity contribution is 7.12. The van der Waals surface area contributed by atoms with Gasteiger partial charge in [-0.2, -0.15) is 0 Å². The molecule has 1 fully saturated rings. The summed E-state index contributed by atoms with van der Waals surface area (Å²) in [6.07, 6.45) is 11.0. The lowest BCUT2D eigenvalue weighted by atomic mass is 9.85. The Hall–Kier alpha value is -0.450. The van der Waals surface area contributed by atoms with Crippen LogP contribution in [0.3, 0.4) is 0 Å². The van der Waals surface area contributed by atoms with Crippen molar-refractivity contribution < 1.29 is 4.74 Å². The van der Waals surface area contributed by atoms with Gasteiger partial charge in [0.1, 0.15) is 10.6 Å². The molecule has 2 aliphatic carbocycles. The molecule has 0 spiro atoms. The van der Waals surface area contributed by atoms with Crippen LogP contribution < -0.4 is 5.32 Å². The number of fused-ring (bicyclic) bond motifs is 1. The number of aromatic nitrogens is 1. The van der Waals surface area contributed by atoms with Crippen molar-refractivity contribution in [3.63, 3.8) is 0 Å². The highest BCUT2D eigenvalue weighted by atomic mass is 32.1. The van der Waals surface area contributed by atoms with E-state index in [4.69, 9.17) is 9.72 Å². The molecule has 1 saturated carbocycles. The van der Waals surface area contributed by atoms with Crippen molar-refractivity contribution in [2.24, 2.45) is 0 Å². The van der Waals surface area contributed by atoms with Crippen LogP contribution in [0.4, 0.5) is 0 Å². The molecule has 0 aromatic carbocycles. The molecule has 1 N–H and O–H groups in total. The van der Waals surface area contributed by atoms with Gasteiger partial charge in [0.05, 0.1) is 5.69 Å². The van der Waals surface area contributed by atoms with Crippen LogP contribution in [0, 0.1) is 0 Å². The number of ether oxygens (including phenoxy) is 1. The second-order valence-electron chi connectivity index (χ2n) is 6.49. The molecule has 1 heterocycles. The maximum Gasteiger partial charge on any atom is 0.125 e. The standard InChI is InChI=1S/C17H28N2OS/c1-3-12-18-13-8-7-9-14-15(13)21-16(19-14)17(20-2)10-5-4-6-11-17/h13,18H,3-12H2,1-2H3. The predicted molar refractivity (Wildman–Crippen MR) is 87.9 cm³/mol. The molecule has 1 aromatic rings. The third kappa shape index (κ3) is 3.03. The number of nitrogens with one attached hydrogen (secondary N) is 1. The van der Waals surface area contributed by atoms with E-state index in [0.29, 0.717) is 6.04 Å². The molecule has 3 rings (SSSR count). The normalized spacial score (nSPS) is 24.8. The van der Waals surface area contributed by atoms with E-state index in [2.05, 4.69) is 12.2 Å². The average molecular weight is 308 g/mol. The second-order valence-corrected chi connectivity index (χ2v) is 7.52. The Morgan fingerprint density at radius 1 is 1.29 bits per heavy atom. The van der Waals surface area contributed by atoms with Crippen molar-refractivity contribution in [1.29, 1.82) is 0 Å². The summed E-state index contributed by atoms with van der Waals surface area (Å²) in [4.78, 5) is 6.52. The zero-order valence-corrected chi connectivity index (χ0v) is 14.2. The number of aryl methyl sites for hydroxylation is 1. The van der Waals surface area contributed by atoms with Gasteiger partial charge in [0.15, 0.2) is 0 Å². The predicted octanol–water partition coefficient (Wildman–Crippen LogP) is 4.33. The Kier molecular flexibility index (Phi) is 4.97. The van der Waals surface area contributed by atoms with Gasteiger partial charge < -0.3 is 10.1 Å². The zero-order chi connectivity index (χ0) is 14.7. The van der Waals surface area contributed by atoms with Crippen molar-refractivity contribution in [2.75, 3.05) is 13.7 Å². The third-order valence-electron chi connectivity index (χ3n) is 5.03. The highest BCUT2D eigenvalue weighted by Gasteiger charge is 2.38. The molecule has 1 aromatic heterocycles. The van der Waals surface area contributed by atoms with E-state index in [-0.39, 0.29) is 5.60 Å². The van der Waals surface area contributed by atoms with Gasteiger partial charge in [-0.05, 0) is 45.1 Å². The number of nitrogens with zero attached hydrogens (tertiary/aromatic N) is 1. The Balaban J connectivity index is 1.86. The molecule has 0 bridgehead atoms. The number of thiazole rings is 1. The minimum atomic E-state index is -0.0877. The molecule has 2 aliphatic rings. The van der Waals surface area contributed by atoms with E-state index in [0.717, 1.165) is 25.8 Å². The molecule has 1 atom stereocenters. The van der Waals surface area contributed by atoms with Gasteiger partial charge in [-0.15, -0.1) is 11.3 Å². The van der Waals surface area contributed by atoms with Crippen LogP contribution in [-0.4, -0.2) is 18.6 Å². The van der Waals surface area contributed by atoms with Crippen molar-refractivity contribution in [1.82, 2.24) is 10.3 Å². The number of hydrogen-bond acceptors (Lipinski definition) is 4. The second kappa shape index (κ2) is 6.76. The van der Waals surface area contributed by atoms with Crippen molar-refractivity contribution in [2.45, 2.75) is 76.4 Å². The molecular weight excluding hydrogens is 280 g/mol. The van der Waals surface area contributed by atoms with Gasteiger partial charge in [-0.25, -0.2) is 4.98 Å². The van der Waals surface area contributed by atoms with Crippen LogP contribution in [0.5, 0.6) is 0 Å². The van der Waals surface area contributed by atoms with Crippen LogP contribution in [0.25, 0.3) is 0 Å². The van der Waals surface area contributed by atoms with Crippen LogP contribution in [0.1, 0.15) is 79.9 Å². The van der Waals surface area contributed by atoms with Gasteiger partial charge in [0, 0.05) is 18.0 Å². The number of methoxy groups -OCH3 is 1. The maximum absolute atomic E-state index is 5.99. The molecule has 21 heavy (non-hydrogen) atoms. The first-order valence-corrected chi connectivity index (χ1v) is 9.39. The molecule has 0 radical (unpaired) electrons. The summed E-state index contributed by atoms with van der Waals surface area (Å²) in [6, 6.07) is 0.525. The molecule has 0 aliphatic heterocycles. The number of rotatable bonds is 5. The van der Waals surface area contributed by atoms with Crippen LogP contribution in [-0.2, 0) is 16.8 Å². The fourth-order valence-electron chi connectivity index (χ4n) is 3.76. The Morgan fingerprint density at radius 2 is 2.10 bits per heavy atom. The summed E-state index contributed by atoms with van der Waals surface area (Å²) in [6.45, 7) is 3.34. The van der Waals surface area contributed by atoms with Gasteiger partial charge in [0.2, 0.25) is 0 Å². The molecule has 0 amide bonds. The molecule has 3 nitrogen and oxygen atoms in total. The Bertz CT molecular complexity index is 465. The van der Waals surface area contributed by atoms with Crippen LogP contribution in [0.2, 0.25) is 0 Å². The third-order valence-corrected chi connectivity index (χ3v) is 6.43. The topological polar surface area (TPSA) is 34.2 Å². The van der Waals surface area contributed by atoms with E-state index < -0.39 is 0 Å². The van der Waals surface area contributed by atoms with E-state index in [1.54, 1.807) is 0 Å². The van der Waals surface area contributed by atoms with Gasteiger partial charge in [-0.1, -0.05) is 26.2 Å². The zero-order valence-electron chi connectivity index (χ0n) is 13.4. The summed E-state index contributed by atoms with van der Waals surface area (Å²) in [5.41, 5.74) is 1.26. The fourth-order valence-corrected chi connectivity index (χ4v) is 5.20. The quantitative estimate of drug-likeness (QED) is 0.879. The first-order valence-electron chi connectivity index (χ1n) is 8.57. The minimum Gasteiger partial charge on any atom is -0.371 e. The molecular formula is C17H28N2OS. The minimum absolute atomic E-state index is 0.0877. The first-order chi connectivity index (χ1) is 10.3. The largest absolute Gasteiger partial charge is 0.371 e. The van der Waals surface area contributed by atoms with E-state index >= 15 is 0 Å². The molecule has 0 saturated heterocycles. The lowest BCUT2D eigenvalue weighted by Crippen LogP contribution is -2.30. The summed E-state index contributed by atoms with van der Waals surface area (Å²) in [5, 5.41) is 4.95. The monoisotopic (exact) mass is 308 g/mol. The summed E-state index contributed by atoms with van der Waals surface area (Å²) < 4.78 is 5.99. The van der Waals surface area contributed by atoms with E-state index in [9.17, 15) is 0 Å². The summed E-state index contributed by atoms with van der Waals surface area (Å²) in [7, 11) is 1.87. The lowest BCUT2D eigenvalue weighted by molar-refractivity contribution is -0.0447. The summed E-state index contributed by atoms with van der Waals surface area (Å²) in [5.74, 6) is 0. The highest BCUT2D eigenvalue weighted by Crippen LogP contribution is 2.45. The first kappa shape index (κ1) is 15.4. The molecule has 1 unspecified atom stereocenters. The number of hydrogen-bond donors (Lipinski definition) is 1.